The van der Waals surface area contributed by atoms with E-state index in [1.165, 1.54) is 9.75 Å². The summed E-state index contributed by atoms with van der Waals surface area (Å²) in [5.41, 5.74) is 0. The van der Waals surface area contributed by atoms with Crippen LogP contribution in [0.15, 0.2) is 12.1 Å². The molecule has 0 bridgehead atoms. The van der Waals surface area contributed by atoms with Gasteiger partial charge < -0.3 is 10.0 Å². The average Bonchev–Trinajstić information content (AvgIpc) is 2.65. The van der Waals surface area contributed by atoms with E-state index in [-0.39, 0.29) is 6.42 Å². The molecule has 3 nitrogen and oxygen atoms in total. The molecule has 0 aliphatic rings. The smallest absolute Gasteiger partial charge is 0.303 e. The minimum absolute atomic E-state index is 0.259. The molecular formula is C12H19NO2S. The number of aliphatic carboxylic acids is 1. The summed E-state index contributed by atoms with van der Waals surface area (Å²) in [6.45, 7) is 3.92. The van der Waals surface area contributed by atoms with Gasteiger partial charge in [0.1, 0.15) is 0 Å². The molecule has 0 saturated heterocycles. The Morgan fingerprint density at radius 1 is 1.44 bits per heavy atom. The first-order chi connectivity index (χ1) is 7.61. The zero-order chi connectivity index (χ0) is 12.0. The molecule has 0 aromatic carbocycles. The standard InChI is InChI=1S/C12H19NO2S/c1-3-10-6-7-11(16-10)9-13(2)8-4-5-12(14)15/h6-7H,3-5,8-9H2,1-2H3,(H,14,15). The van der Waals surface area contributed by atoms with Gasteiger partial charge in [0.25, 0.3) is 0 Å². The van der Waals surface area contributed by atoms with Crippen LogP contribution in [0.3, 0.4) is 0 Å². The molecule has 0 amide bonds. The Kier molecular flexibility index (Phi) is 5.49. The molecule has 1 aromatic rings. The molecule has 90 valence electrons. The maximum Gasteiger partial charge on any atom is 0.303 e. The molecule has 0 radical (unpaired) electrons. The lowest BCUT2D eigenvalue weighted by Crippen LogP contribution is -2.19. The van der Waals surface area contributed by atoms with E-state index in [4.69, 9.17) is 5.11 Å². The second-order valence-corrected chi connectivity index (χ2v) is 5.21. The number of hydrogen-bond donors (Lipinski definition) is 1. The highest BCUT2D eigenvalue weighted by atomic mass is 32.1. The fraction of sp³-hybridized carbons (Fsp3) is 0.583. The van der Waals surface area contributed by atoms with Crippen molar-refractivity contribution >= 4 is 17.3 Å². The van der Waals surface area contributed by atoms with Crippen molar-refractivity contribution in [3.8, 4) is 0 Å². The van der Waals surface area contributed by atoms with E-state index in [0.717, 1.165) is 25.9 Å². The fourth-order valence-corrected chi connectivity index (χ4v) is 2.58. The number of carboxylic acids is 1. The van der Waals surface area contributed by atoms with Gasteiger partial charge in [0.05, 0.1) is 0 Å². The molecule has 0 saturated carbocycles. The molecule has 1 aromatic heterocycles. The van der Waals surface area contributed by atoms with Crippen LogP contribution in [-0.2, 0) is 17.8 Å². The summed E-state index contributed by atoms with van der Waals surface area (Å²) in [6.07, 6.45) is 2.07. The van der Waals surface area contributed by atoms with Crippen LogP contribution in [0.25, 0.3) is 0 Å². The summed E-state index contributed by atoms with van der Waals surface area (Å²) in [7, 11) is 2.03. The van der Waals surface area contributed by atoms with Crippen molar-refractivity contribution in [1.29, 1.82) is 0 Å². The lowest BCUT2D eigenvalue weighted by atomic mass is 10.3. The number of thiophene rings is 1. The molecule has 1 rings (SSSR count). The summed E-state index contributed by atoms with van der Waals surface area (Å²) < 4.78 is 0. The van der Waals surface area contributed by atoms with Gasteiger partial charge in [-0.05, 0) is 38.6 Å². The molecule has 0 fully saturated rings. The molecule has 0 aliphatic heterocycles. The molecule has 0 aliphatic carbocycles. The molecule has 1 heterocycles. The van der Waals surface area contributed by atoms with Gasteiger partial charge in [-0.25, -0.2) is 0 Å². The second kappa shape index (κ2) is 6.66. The number of rotatable bonds is 7. The van der Waals surface area contributed by atoms with Crippen LogP contribution >= 0.6 is 11.3 Å². The van der Waals surface area contributed by atoms with Gasteiger partial charge >= 0.3 is 5.97 Å². The molecule has 0 unspecified atom stereocenters. The van der Waals surface area contributed by atoms with E-state index in [0.29, 0.717) is 0 Å². The Bertz CT molecular complexity index is 336. The Labute approximate surface area is 101 Å². The van der Waals surface area contributed by atoms with Crippen molar-refractivity contribution in [3.05, 3.63) is 21.9 Å². The highest BCUT2D eigenvalue weighted by Gasteiger charge is 2.04. The van der Waals surface area contributed by atoms with Crippen molar-refractivity contribution in [3.63, 3.8) is 0 Å². The molecule has 0 atom stereocenters. The van der Waals surface area contributed by atoms with E-state index in [2.05, 4.69) is 24.0 Å². The van der Waals surface area contributed by atoms with Gasteiger partial charge in [-0.1, -0.05) is 6.92 Å². The third kappa shape index (κ3) is 4.77. The van der Waals surface area contributed by atoms with Crippen LogP contribution in [0.5, 0.6) is 0 Å². The SMILES string of the molecule is CCc1ccc(CN(C)CCCC(=O)O)s1. The number of carboxylic acid groups (broad SMARTS) is 1. The van der Waals surface area contributed by atoms with Crippen LogP contribution in [-0.4, -0.2) is 29.6 Å². The van der Waals surface area contributed by atoms with E-state index < -0.39 is 5.97 Å². The van der Waals surface area contributed by atoms with Crippen LogP contribution < -0.4 is 0 Å². The van der Waals surface area contributed by atoms with Crippen molar-refractivity contribution in [2.75, 3.05) is 13.6 Å². The quantitative estimate of drug-likeness (QED) is 0.797. The van der Waals surface area contributed by atoms with Gasteiger partial charge in [0.15, 0.2) is 0 Å². The van der Waals surface area contributed by atoms with Crippen molar-refractivity contribution < 1.29 is 9.90 Å². The lowest BCUT2D eigenvalue weighted by molar-refractivity contribution is -0.137. The minimum atomic E-state index is -0.710. The zero-order valence-electron chi connectivity index (χ0n) is 9.90. The molecule has 16 heavy (non-hydrogen) atoms. The first-order valence-corrected chi connectivity index (χ1v) is 6.41. The van der Waals surface area contributed by atoms with Gasteiger partial charge in [0, 0.05) is 22.7 Å². The minimum Gasteiger partial charge on any atom is -0.481 e. The summed E-state index contributed by atoms with van der Waals surface area (Å²) >= 11 is 1.84. The zero-order valence-corrected chi connectivity index (χ0v) is 10.7. The highest BCUT2D eigenvalue weighted by molar-refractivity contribution is 7.11. The predicted octanol–water partition coefficient (Wildman–Crippen LogP) is 2.61. The topological polar surface area (TPSA) is 40.5 Å². The highest BCUT2D eigenvalue weighted by Crippen LogP contribution is 2.18. The first kappa shape index (κ1) is 13.2. The molecular weight excluding hydrogens is 222 g/mol. The number of nitrogens with zero attached hydrogens (tertiary/aromatic N) is 1. The first-order valence-electron chi connectivity index (χ1n) is 5.59. The van der Waals surface area contributed by atoms with Crippen LogP contribution in [0.1, 0.15) is 29.5 Å². The Hall–Kier alpha value is -0.870. The Morgan fingerprint density at radius 2 is 2.12 bits per heavy atom. The largest absolute Gasteiger partial charge is 0.481 e. The molecule has 0 spiro atoms. The van der Waals surface area contributed by atoms with Crippen molar-refractivity contribution in [2.45, 2.75) is 32.7 Å². The van der Waals surface area contributed by atoms with Gasteiger partial charge in [-0.2, -0.15) is 0 Å². The van der Waals surface area contributed by atoms with Crippen LogP contribution in [0.2, 0.25) is 0 Å². The lowest BCUT2D eigenvalue weighted by Gasteiger charge is -2.14. The van der Waals surface area contributed by atoms with Crippen molar-refractivity contribution in [2.24, 2.45) is 0 Å². The maximum absolute atomic E-state index is 10.4. The van der Waals surface area contributed by atoms with E-state index in [1.807, 2.05) is 18.4 Å². The predicted molar refractivity (Wildman–Crippen MR) is 66.9 cm³/mol. The van der Waals surface area contributed by atoms with Gasteiger partial charge in [-0.3, -0.25) is 4.79 Å². The van der Waals surface area contributed by atoms with Crippen molar-refractivity contribution in [1.82, 2.24) is 4.90 Å². The Morgan fingerprint density at radius 3 is 2.69 bits per heavy atom. The van der Waals surface area contributed by atoms with Gasteiger partial charge in [-0.15, -0.1) is 11.3 Å². The van der Waals surface area contributed by atoms with Gasteiger partial charge in [0.2, 0.25) is 0 Å². The van der Waals surface area contributed by atoms with Crippen LogP contribution in [0.4, 0.5) is 0 Å². The Balaban J connectivity index is 2.28. The summed E-state index contributed by atoms with van der Waals surface area (Å²) in [5.74, 6) is -0.710. The van der Waals surface area contributed by atoms with E-state index in [9.17, 15) is 4.79 Å². The maximum atomic E-state index is 10.4. The van der Waals surface area contributed by atoms with E-state index >= 15 is 0 Å². The third-order valence-electron chi connectivity index (χ3n) is 2.42. The number of aryl methyl sites for hydroxylation is 1. The summed E-state index contributed by atoms with van der Waals surface area (Å²) in [4.78, 5) is 15.3. The van der Waals surface area contributed by atoms with Crippen LogP contribution in [0, 0.1) is 0 Å². The second-order valence-electron chi connectivity index (χ2n) is 3.96. The third-order valence-corrected chi connectivity index (χ3v) is 3.64. The monoisotopic (exact) mass is 241 g/mol. The summed E-state index contributed by atoms with van der Waals surface area (Å²) in [6, 6.07) is 4.34. The van der Waals surface area contributed by atoms with E-state index in [1.54, 1.807) is 0 Å². The molecule has 1 N–H and O–H groups in total. The average molecular weight is 241 g/mol. The normalized spacial score (nSPS) is 10.9. The number of hydrogen-bond acceptors (Lipinski definition) is 3. The number of carbonyl (C=O) groups is 1. The molecule has 4 heteroatoms. The fourth-order valence-electron chi connectivity index (χ4n) is 1.54. The summed E-state index contributed by atoms with van der Waals surface area (Å²) in [5, 5.41) is 8.53.